The number of hydrogen-bond acceptors (Lipinski definition) is 0. The molecule has 0 atom stereocenters. The third-order valence-electron chi connectivity index (χ3n) is 4.71. The fourth-order valence-electron chi connectivity index (χ4n) is 3.49. The molecule has 19 heavy (non-hydrogen) atoms. The summed E-state index contributed by atoms with van der Waals surface area (Å²) in [6.45, 7) is 9.47. The molecule has 0 heterocycles. The van der Waals surface area contributed by atoms with E-state index in [-0.39, 0.29) is 0 Å². The first kappa shape index (κ1) is 19.4. The van der Waals surface area contributed by atoms with Crippen molar-refractivity contribution < 1.29 is 0 Å². The van der Waals surface area contributed by atoms with Gasteiger partial charge in [0.1, 0.15) is 0 Å². The van der Waals surface area contributed by atoms with Crippen molar-refractivity contribution in [3.05, 3.63) is 0 Å². The molecular weight excluding hydrogens is 247 g/mol. The van der Waals surface area contributed by atoms with Crippen molar-refractivity contribution >= 4 is 7.26 Å². The molecule has 0 aliphatic heterocycles. The van der Waals surface area contributed by atoms with Crippen LogP contribution in [0, 0.1) is 0 Å². The zero-order chi connectivity index (χ0) is 14.4. The first-order valence-corrected chi connectivity index (χ1v) is 12.1. The van der Waals surface area contributed by atoms with E-state index in [4.69, 9.17) is 0 Å². The Kier molecular flexibility index (Phi) is 13.7. The molecule has 0 aliphatic carbocycles. The topological polar surface area (TPSA) is 0 Å². The van der Waals surface area contributed by atoms with Gasteiger partial charge in [0, 0.05) is 0 Å². The molecule has 0 fully saturated rings. The predicted octanol–water partition coefficient (Wildman–Crippen LogP) is 6.72. The van der Waals surface area contributed by atoms with E-state index >= 15 is 0 Å². The van der Waals surface area contributed by atoms with E-state index in [9.17, 15) is 0 Å². The third-order valence-corrected chi connectivity index (χ3v) is 10.5. The molecule has 1 heteroatoms. The van der Waals surface area contributed by atoms with Crippen molar-refractivity contribution in [1.29, 1.82) is 0 Å². The fourth-order valence-corrected chi connectivity index (χ4v) is 9.26. The van der Waals surface area contributed by atoms with Gasteiger partial charge in [-0.2, -0.15) is 0 Å². The van der Waals surface area contributed by atoms with E-state index in [1.807, 2.05) is 0 Å². The van der Waals surface area contributed by atoms with Crippen LogP contribution in [0.4, 0.5) is 0 Å². The third kappa shape index (κ3) is 9.89. The number of rotatable bonds is 14. The zero-order valence-corrected chi connectivity index (χ0v) is 15.4. The zero-order valence-electron chi connectivity index (χ0n) is 14.4. The van der Waals surface area contributed by atoms with Crippen LogP contribution in [-0.4, -0.2) is 24.6 Å². The average Bonchev–Trinajstić information content (AvgIpc) is 2.43. The quantitative estimate of drug-likeness (QED) is 0.246. The Morgan fingerprint density at radius 2 is 0.895 bits per heavy atom. The predicted molar refractivity (Wildman–Crippen MR) is 96.6 cm³/mol. The Labute approximate surface area is 124 Å². The van der Waals surface area contributed by atoms with E-state index in [0.717, 1.165) is 0 Å². The van der Waals surface area contributed by atoms with E-state index in [2.05, 4.69) is 27.7 Å². The van der Waals surface area contributed by atoms with Crippen LogP contribution in [0.3, 0.4) is 0 Å². The van der Waals surface area contributed by atoms with Crippen molar-refractivity contribution in [3.8, 4) is 0 Å². The summed E-state index contributed by atoms with van der Waals surface area (Å²) in [5.41, 5.74) is 0. The molecule has 0 unspecified atom stereocenters. The second-order valence-electron chi connectivity index (χ2n) is 6.62. The van der Waals surface area contributed by atoms with Gasteiger partial charge in [-0.3, -0.25) is 0 Å². The molecule has 0 bridgehead atoms. The molecule has 0 saturated heterocycles. The van der Waals surface area contributed by atoms with Crippen LogP contribution < -0.4 is 0 Å². The molecule has 0 rings (SSSR count). The maximum atomic E-state index is 2.41. The van der Waals surface area contributed by atoms with E-state index in [1.165, 1.54) is 57.8 Å². The minimum atomic E-state index is -0.898. The van der Waals surface area contributed by atoms with Crippen LogP contribution in [0.15, 0.2) is 0 Å². The summed E-state index contributed by atoms with van der Waals surface area (Å²) in [6, 6.07) is 0. The van der Waals surface area contributed by atoms with Gasteiger partial charge in [0.05, 0.1) is 0 Å². The van der Waals surface area contributed by atoms with Gasteiger partial charge in [-0.25, -0.2) is 0 Å². The summed E-state index contributed by atoms with van der Waals surface area (Å²) in [5.74, 6) is 0. The van der Waals surface area contributed by atoms with E-state index in [0.29, 0.717) is 0 Å². The van der Waals surface area contributed by atoms with Crippen LogP contribution >= 0.6 is 7.26 Å². The normalized spacial score (nSPS) is 12.8. The van der Waals surface area contributed by atoms with Gasteiger partial charge in [-0.1, -0.05) is 0 Å². The van der Waals surface area contributed by atoms with Gasteiger partial charge < -0.3 is 0 Å². The molecule has 118 valence electrons. The van der Waals surface area contributed by atoms with Crippen molar-refractivity contribution in [1.82, 2.24) is 0 Å². The summed E-state index contributed by atoms with van der Waals surface area (Å²) in [7, 11) is -0.898. The molecule has 0 aromatic carbocycles. The Hall–Kier alpha value is 0.430. The summed E-state index contributed by atoms with van der Waals surface area (Å²) in [6.07, 6.45) is 21.1. The van der Waals surface area contributed by atoms with E-state index < -0.39 is 7.26 Å². The monoisotopic (exact) mass is 288 g/mol. The molecular formula is C18H41P. The van der Waals surface area contributed by atoms with Gasteiger partial charge in [0.25, 0.3) is 0 Å². The van der Waals surface area contributed by atoms with Crippen LogP contribution in [0.25, 0.3) is 0 Å². The van der Waals surface area contributed by atoms with Crippen LogP contribution in [0.2, 0.25) is 0 Å². The van der Waals surface area contributed by atoms with Gasteiger partial charge in [0.2, 0.25) is 0 Å². The summed E-state index contributed by atoms with van der Waals surface area (Å²) >= 11 is 0. The number of unbranched alkanes of at least 4 members (excludes halogenated alkanes) is 6. The van der Waals surface area contributed by atoms with Crippen molar-refractivity contribution in [2.75, 3.05) is 24.6 Å². The average molecular weight is 288 g/mol. The summed E-state index contributed by atoms with van der Waals surface area (Å²) < 4.78 is 0. The standard InChI is InChI=1S/C18H41P/c1-5-9-12-13-14-18-19(15-8-4,16-10-6-2)17-11-7-3/h19H,5-18H2,1-4H3. The van der Waals surface area contributed by atoms with Gasteiger partial charge >= 0.3 is 124 Å². The van der Waals surface area contributed by atoms with Crippen LogP contribution in [-0.2, 0) is 0 Å². The second kappa shape index (κ2) is 13.4. The Morgan fingerprint density at radius 1 is 0.421 bits per heavy atom. The van der Waals surface area contributed by atoms with E-state index in [1.54, 1.807) is 31.1 Å². The maximum absolute atomic E-state index is 2.41. The molecule has 0 amide bonds. The van der Waals surface area contributed by atoms with Crippen molar-refractivity contribution in [2.45, 2.75) is 91.9 Å². The molecule has 0 aromatic heterocycles. The van der Waals surface area contributed by atoms with Crippen LogP contribution in [0.5, 0.6) is 0 Å². The van der Waals surface area contributed by atoms with Gasteiger partial charge in [0.15, 0.2) is 0 Å². The molecule has 0 N–H and O–H groups in total. The molecule has 0 saturated carbocycles. The Balaban J connectivity index is 4.23. The summed E-state index contributed by atoms with van der Waals surface area (Å²) in [4.78, 5) is 0. The molecule has 0 aliphatic rings. The first-order chi connectivity index (χ1) is 9.24. The van der Waals surface area contributed by atoms with Gasteiger partial charge in [-0.05, 0) is 0 Å². The van der Waals surface area contributed by atoms with Crippen molar-refractivity contribution in [2.24, 2.45) is 0 Å². The minimum absolute atomic E-state index is 0.898. The molecule has 0 radical (unpaired) electrons. The fraction of sp³-hybridized carbons (Fsp3) is 1.00. The first-order valence-electron chi connectivity index (χ1n) is 9.24. The van der Waals surface area contributed by atoms with Gasteiger partial charge in [-0.15, -0.1) is 0 Å². The second-order valence-corrected chi connectivity index (χ2v) is 11.6. The molecule has 0 aromatic rings. The summed E-state index contributed by atoms with van der Waals surface area (Å²) in [5, 5.41) is 0. The SMILES string of the molecule is CCCCCCC[PH](CCC)(CCCC)CCCC. The molecule has 0 nitrogen and oxygen atoms in total. The van der Waals surface area contributed by atoms with Crippen molar-refractivity contribution in [3.63, 3.8) is 0 Å². The molecule has 0 spiro atoms. The van der Waals surface area contributed by atoms with Crippen LogP contribution in [0.1, 0.15) is 91.9 Å². The Bertz CT molecular complexity index is 169. The number of hydrogen-bond donors (Lipinski definition) is 0. The Morgan fingerprint density at radius 3 is 1.37 bits per heavy atom.